The number of hydrogen-bond acceptors (Lipinski definition) is 4. The zero-order valence-corrected chi connectivity index (χ0v) is 11.1. The maximum Gasteiger partial charge on any atom is 0.271 e. The molecule has 1 aliphatic rings. The fourth-order valence-electron chi connectivity index (χ4n) is 2.39. The smallest absolute Gasteiger partial charge is 0.271 e. The summed E-state index contributed by atoms with van der Waals surface area (Å²) in [7, 11) is 5.62. The summed E-state index contributed by atoms with van der Waals surface area (Å²) in [5.41, 5.74) is 0.529. The van der Waals surface area contributed by atoms with E-state index in [-0.39, 0.29) is 12.0 Å². The molecule has 18 heavy (non-hydrogen) atoms. The van der Waals surface area contributed by atoms with Gasteiger partial charge in [0.25, 0.3) is 5.91 Å². The van der Waals surface area contributed by atoms with Gasteiger partial charge in [-0.1, -0.05) is 0 Å². The largest absolute Gasteiger partial charge is 0.380 e. The third-order valence-corrected chi connectivity index (χ3v) is 3.55. The molecule has 0 radical (unpaired) electrons. The minimum Gasteiger partial charge on any atom is -0.380 e. The van der Waals surface area contributed by atoms with Crippen LogP contribution in [0.4, 0.5) is 0 Å². The van der Waals surface area contributed by atoms with Gasteiger partial charge in [-0.25, -0.2) is 0 Å². The van der Waals surface area contributed by atoms with Crippen molar-refractivity contribution in [3.63, 3.8) is 0 Å². The molecule has 2 rings (SSSR count). The minimum absolute atomic E-state index is 0.0261. The van der Waals surface area contributed by atoms with Crippen molar-refractivity contribution < 1.29 is 9.53 Å². The van der Waals surface area contributed by atoms with Gasteiger partial charge in [0.1, 0.15) is 5.69 Å². The van der Waals surface area contributed by atoms with Crippen molar-refractivity contribution in [1.29, 1.82) is 0 Å². The van der Waals surface area contributed by atoms with Gasteiger partial charge in [0.2, 0.25) is 0 Å². The minimum atomic E-state index is -0.0261. The number of likely N-dealkylation sites (N-methyl/N-ethyl adjacent to an activating group) is 2. The number of H-pyrrole nitrogens is 1. The summed E-state index contributed by atoms with van der Waals surface area (Å²) in [6.07, 6.45) is 2.83. The Morgan fingerprint density at radius 1 is 1.72 bits per heavy atom. The molecular weight excluding hydrogens is 232 g/mol. The fraction of sp³-hybridized carbons (Fsp3) is 0.667. The molecule has 1 amide bonds. The second-order valence-electron chi connectivity index (χ2n) is 4.84. The summed E-state index contributed by atoms with van der Waals surface area (Å²) in [6.45, 7) is 1.63. The molecule has 0 bridgehead atoms. The van der Waals surface area contributed by atoms with Crippen LogP contribution in [0.3, 0.4) is 0 Å². The van der Waals surface area contributed by atoms with Crippen LogP contribution in [-0.4, -0.2) is 72.3 Å². The molecule has 2 atom stereocenters. The molecule has 0 aromatic carbocycles. The molecule has 0 saturated carbocycles. The average Bonchev–Trinajstić information content (AvgIpc) is 2.98. The van der Waals surface area contributed by atoms with Gasteiger partial charge >= 0.3 is 0 Å². The highest BCUT2D eigenvalue weighted by Gasteiger charge is 2.31. The number of nitrogens with zero attached hydrogens (tertiary/aromatic N) is 3. The first-order valence-corrected chi connectivity index (χ1v) is 6.09. The van der Waals surface area contributed by atoms with Gasteiger partial charge < -0.3 is 9.64 Å². The second-order valence-corrected chi connectivity index (χ2v) is 4.84. The number of methoxy groups -OCH3 is 1. The normalized spacial score (nSPS) is 24.4. The zero-order chi connectivity index (χ0) is 13.1. The summed E-state index contributed by atoms with van der Waals surface area (Å²) >= 11 is 0. The van der Waals surface area contributed by atoms with Crippen LogP contribution in [0.25, 0.3) is 0 Å². The van der Waals surface area contributed by atoms with Crippen LogP contribution >= 0.6 is 0 Å². The first-order valence-electron chi connectivity index (χ1n) is 6.09. The highest BCUT2D eigenvalue weighted by molar-refractivity contribution is 5.91. The van der Waals surface area contributed by atoms with Crippen LogP contribution in [0.15, 0.2) is 12.3 Å². The number of ether oxygens (including phenoxy) is 1. The number of amides is 1. The van der Waals surface area contributed by atoms with Crippen LogP contribution in [0.2, 0.25) is 0 Å². The lowest BCUT2D eigenvalue weighted by Gasteiger charge is -2.25. The molecule has 2 heterocycles. The summed E-state index contributed by atoms with van der Waals surface area (Å²) in [5, 5.41) is 6.49. The Labute approximate surface area is 107 Å². The number of aromatic nitrogens is 2. The molecule has 0 aliphatic carbocycles. The molecule has 1 saturated heterocycles. The van der Waals surface area contributed by atoms with E-state index in [1.807, 2.05) is 7.05 Å². The average molecular weight is 252 g/mol. The molecule has 1 aromatic rings. The van der Waals surface area contributed by atoms with Crippen molar-refractivity contribution >= 4 is 5.91 Å². The number of aromatic amines is 1. The maximum absolute atomic E-state index is 12.1. The van der Waals surface area contributed by atoms with Gasteiger partial charge in [-0.3, -0.25) is 14.8 Å². The van der Waals surface area contributed by atoms with Gasteiger partial charge in [-0.2, -0.15) is 5.10 Å². The third kappa shape index (κ3) is 2.70. The van der Waals surface area contributed by atoms with Crippen LogP contribution in [-0.2, 0) is 4.74 Å². The van der Waals surface area contributed by atoms with E-state index in [0.717, 1.165) is 13.0 Å². The molecule has 6 heteroatoms. The van der Waals surface area contributed by atoms with Crippen molar-refractivity contribution in [2.75, 3.05) is 34.3 Å². The van der Waals surface area contributed by atoms with Crippen LogP contribution in [0.1, 0.15) is 16.9 Å². The molecule has 1 aliphatic heterocycles. The van der Waals surface area contributed by atoms with Crippen LogP contribution < -0.4 is 0 Å². The number of rotatable bonds is 4. The van der Waals surface area contributed by atoms with Crippen molar-refractivity contribution in [3.8, 4) is 0 Å². The molecule has 1 aromatic heterocycles. The van der Waals surface area contributed by atoms with E-state index in [1.54, 1.807) is 24.3 Å². The maximum atomic E-state index is 12.1. The lowest BCUT2D eigenvalue weighted by Crippen LogP contribution is -2.39. The lowest BCUT2D eigenvalue weighted by atomic mass is 10.2. The van der Waals surface area contributed by atoms with Crippen molar-refractivity contribution in [3.05, 3.63) is 18.0 Å². The number of carbonyl (C=O) groups is 1. The topological polar surface area (TPSA) is 61.5 Å². The molecule has 0 unspecified atom stereocenters. The predicted octanol–water partition coefficient (Wildman–Crippen LogP) is 0.201. The third-order valence-electron chi connectivity index (χ3n) is 3.55. The molecule has 6 nitrogen and oxygen atoms in total. The number of likely N-dealkylation sites (tertiary alicyclic amines) is 1. The van der Waals surface area contributed by atoms with Gasteiger partial charge in [0.15, 0.2) is 0 Å². The van der Waals surface area contributed by atoms with Gasteiger partial charge in [0, 0.05) is 39.5 Å². The highest BCUT2D eigenvalue weighted by atomic mass is 16.5. The molecular formula is C12H20N4O2. The molecule has 1 fully saturated rings. The second kappa shape index (κ2) is 5.49. The summed E-state index contributed by atoms with van der Waals surface area (Å²) < 4.78 is 5.36. The molecule has 100 valence electrons. The van der Waals surface area contributed by atoms with Crippen LogP contribution in [0, 0.1) is 0 Å². The SMILES string of the molecule is CO[C@H]1C[C@@H](CN(C)C(=O)c2ccn[nH]2)N(C)C1. The van der Waals surface area contributed by atoms with E-state index in [0.29, 0.717) is 18.3 Å². The van der Waals surface area contributed by atoms with Crippen molar-refractivity contribution in [2.24, 2.45) is 0 Å². The van der Waals surface area contributed by atoms with E-state index in [9.17, 15) is 4.79 Å². The Morgan fingerprint density at radius 2 is 2.50 bits per heavy atom. The first-order chi connectivity index (χ1) is 8.61. The monoisotopic (exact) mass is 252 g/mol. The van der Waals surface area contributed by atoms with Crippen molar-refractivity contribution in [1.82, 2.24) is 20.0 Å². The van der Waals surface area contributed by atoms with E-state index >= 15 is 0 Å². The molecule has 0 spiro atoms. The van der Waals surface area contributed by atoms with E-state index in [1.165, 1.54) is 0 Å². The van der Waals surface area contributed by atoms with Gasteiger partial charge in [0.05, 0.1) is 6.10 Å². The van der Waals surface area contributed by atoms with E-state index in [4.69, 9.17) is 4.74 Å². The Kier molecular flexibility index (Phi) is 3.98. The Bertz CT molecular complexity index is 393. The lowest BCUT2D eigenvalue weighted by molar-refractivity contribution is 0.0754. The summed E-state index contributed by atoms with van der Waals surface area (Å²) in [6, 6.07) is 2.04. The molecule has 1 N–H and O–H groups in total. The Balaban J connectivity index is 1.91. The zero-order valence-electron chi connectivity index (χ0n) is 11.1. The summed E-state index contributed by atoms with van der Waals surface area (Å²) in [4.78, 5) is 16.0. The van der Waals surface area contributed by atoms with E-state index in [2.05, 4.69) is 22.1 Å². The van der Waals surface area contributed by atoms with Gasteiger partial charge in [-0.05, 0) is 19.5 Å². The Hall–Kier alpha value is -1.40. The van der Waals surface area contributed by atoms with Crippen molar-refractivity contribution in [2.45, 2.75) is 18.6 Å². The van der Waals surface area contributed by atoms with E-state index < -0.39 is 0 Å². The fourth-order valence-corrected chi connectivity index (χ4v) is 2.39. The number of hydrogen-bond donors (Lipinski definition) is 1. The highest BCUT2D eigenvalue weighted by Crippen LogP contribution is 2.19. The first kappa shape index (κ1) is 13.0. The van der Waals surface area contributed by atoms with Crippen LogP contribution in [0.5, 0.6) is 0 Å². The number of carbonyl (C=O) groups excluding carboxylic acids is 1. The number of nitrogens with one attached hydrogen (secondary N) is 1. The van der Waals surface area contributed by atoms with Gasteiger partial charge in [-0.15, -0.1) is 0 Å². The quantitative estimate of drug-likeness (QED) is 0.831. The summed E-state index contributed by atoms with van der Waals surface area (Å²) in [5.74, 6) is -0.0261. The standard InChI is InChI=1S/C12H20N4O2/c1-15-8-10(18-3)6-9(15)7-16(2)12(17)11-4-5-13-14-11/h4-5,9-10H,6-8H2,1-3H3,(H,13,14)/t9-,10-/m0/s1. The predicted molar refractivity (Wildman–Crippen MR) is 67.4 cm³/mol. The Morgan fingerprint density at radius 3 is 3.06 bits per heavy atom.